The number of piperazine rings is 1. The molecule has 1 aromatic rings. The van der Waals surface area contributed by atoms with Crippen molar-refractivity contribution in [1.29, 1.82) is 0 Å². The zero-order chi connectivity index (χ0) is 12.3. The third kappa shape index (κ3) is 2.98. The summed E-state index contributed by atoms with van der Waals surface area (Å²) >= 11 is 1.61. The monoisotopic (exact) mass is 251 g/mol. The third-order valence-electron chi connectivity index (χ3n) is 2.99. The summed E-state index contributed by atoms with van der Waals surface area (Å²) in [6.07, 6.45) is 5.42. The summed E-state index contributed by atoms with van der Waals surface area (Å²) in [5.41, 5.74) is 0.696. The Hall–Kier alpha value is -1.07. The molecule has 0 atom stereocenters. The lowest BCUT2D eigenvalue weighted by Crippen LogP contribution is -2.47. The highest BCUT2D eigenvalue weighted by atomic mass is 32.2. The van der Waals surface area contributed by atoms with E-state index in [2.05, 4.69) is 16.9 Å². The normalized spacial score (nSPS) is 17.2. The fourth-order valence-corrected chi connectivity index (χ4v) is 2.25. The van der Waals surface area contributed by atoms with Crippen molar-refractivity contribution >= 4 is 17.7 Å². The first-order valence-electron chi connectivity index (χ1n) is 5.67. The van der Waals surface area contributed by atoms with Gasteiger partial charge in [0.2, 0.25) is 0 Å². The van der Waals surface area contributed by atoms with Crippen LogP contribution in [0.2, 0.25) is 0 Å². The maximum atomic E-state index is 12.2. The van der Waals surface area contributed by atoms with Gasteiger partial charge in [0.25, 0.3) is 5.91 Å². The standard InChI is InChI=1S/C12H17N3OS/c1-14-3-5-15(6-4-14)12(16)10-7-11(17-2)9-13-8-10/h7-9H,3-6H2,1-2H3. The Morgan fingerprint density at radius 3 is 2.65 bits per heavy atom. The molecule has 4 nitrogen and oxygen atoms in total. The molecule has 1 saturated heterocycles. The van der Waals surface area contributed by atoms with Gasteiger partial charge in [-0.3, -0.25) is 9.78 Å². The number of carbonyl (C=O) groups excluding carboxylic acids is 1. The Bertz CT molecular complexity index is 402. The molecule has 2 rings (SSSR count). The molecule has 1 amide bonds. The number of nitrogens with zero attached hydrogens (tertiary/aromatic N) is 3. The van der Waals surface area contributed by atoms with Gasteiger partial charge in [0.05, 0.1) is 5.56 Å². The van der Waals surface area contributed by atoms with E-state index in [0.717, 1.165) is 31.1 Å². The van der Waals surface area contributed by atoms with E-state index >= 15 is 0 Å². The van der Waals surface area contributed by atoms with E-state index in [9.17, 15) is 4.79 Å². The molecule has 0 saturated carbocycles. The molecule has 2 heterocycles. The molecule has 0 spiro atoms. The van der Waals surface area contributed by atoms with Crippen LogP contribution in [-0.4, -0.2) is 60.2 Å². The number of rotatable bonds is 2. The average molecular weight is 251 g/mol. The molecule has 5 heteroatoms. The Morgan fingerprint density at radius 1 is 1.29 bits per heavy atom. The number of thioether (sulfide) groups is 1. The van der Waals surface area contributed by atoms with Crippen LogP contribution in [0.15, 0.2) is 23.4 Å². The summed E-state index contributed by atoms with van der Waals surface area (Å²) in [4.78, 5) is 21.5. The Morgan fingerprint density at radius 2 is 2.00 bits per heavy atom. The largest absolute Gasteiger partial charge is 0.336 e. The maximum absolute atomic E-state index is 12.2. The van der Waals surface area contributed by atoms with E-state index < -0.39 is 0 Å². The highest BCUT2D eigenvalue weighted by Gasteiger charge is 2.20. The number of pyridine rings is 1. The first-order chi connectivity index (χ1) is 8.20. The second kappa shape index (κ2) is 5.51. The highest BCUT2D eigenvalue weighted by molar-refractivity contribution is 7.98. The van der Waals surface area contributed by atoms with E-state index in [1.807, 2.05) is 17.2 Å². The molecule has 17 heavy (non-hydrogen) atoms. The van der Waals surface area contributed by atoms with Crippen LogP contribution in [-0.2, 0) is 0 Å². The highest BCUT2D eigenvalue weighted by Crippen LogP contribution is 2.16. The van der Waals surface area contributed by atoms with Gasteiger partial charge in [-0.2, -0.15) is 0 Å². The van der Waals surface area contributed by atoms with E-state index in [0.29, 0.717) is 5.56 Å². The van der Waals surface area contributed by atoms with Crippen LogP contribution in [0.5, 0.6) is 0 Å². The van der Waals surface area contributed by atoms with Crippen molar-refractivity contribution in [2.45, 2.75) is 4.90 Å². The van der Waals surface area contributed by atoms with Gasteiger partial charge >= 0.3 is 0 Å². The Kier molecular flexibility index (Phi) is 4.02. The van der Waals surface area contributed by atoms with Crippen LogP contribution in [0.1, 0.15) is 10.4 Å². The van der Waals surface area contributed by atoms with Crippen molar-refractivity contribution in [2.24, 2.45) is 0 Å². The Balaban J connectivity index is 2.08. The van der Waals surface area contributed by atoms with E-state index in [-0.39, 0.29) is 5.91 Å². The molecule has 1 aliphatic rings. The molecule has 1 fully saturated rings. The molecule has 0 aliphatic carbocycles. The molecule has 0 radical (unpaired) electrons. The predicted molar refractivity (Wildman–Crippen MR) is 69.4 cm³/mol. The van der Waals surface area contributed by atoms with Gasteiger partial charge in [-0.25, -0.2) is 0 Å². The van der Waals surface area contributed by atoms with Crippen molar-refractivity contribution in [1.82, 2.24) is 14.8 Å². The molecule has 0 N–H and O–H groups in total. The molecule has 0 unspecified atom stereocenters. The van der Waals surface area contributed by atoms with Crippen molar-refractivity contribution in [2.75, 3.05) is 39.5 Å². The zero-order valence-electron chi connectivity index (χ0n) is 10.2. The van der Waals surface area contributed by atoms with Crippen molar-refractivity contribution < 1.29 is 4.79 Å². The topological polar surface area (TPSA) is 36.4 Å². The van der Waals surface area contributed by atoms with E-state index in [1.165, 1.54) is 0 Å². The van der Waals surface area contributed by atoms with E-state index in [1.54, 1.807) is 24.2 Å². The molecule has 0 aromatic carbocycles. The summed E-state index contributed by atoms with van der Waals surface area (Å²) in [6.45, 7) is 3.50. The molecule has 0 bridgehead atoms. The predicted octanol–water partition coefficient (Wildman–Crippen LogP) is 1.19. The van der Waals surface area contributed by atoms with Gasteiger partial charge in [-0.15, -0.1) is 11.8 Å². The van der Waals surface area contributed by atoms with Crippen LogP contribution in [0.25, 0.3) is 0 Å². The lowest BCUT2D eigenvalue weighted by atomic mass is 10.2. The SMILES string of the molecule is CSc1cncc(C(=O)N2CCN(C)CC2)c1. The van der Waals surface area contributed by atoms with Crippen molar-refractivity contribution in [3.8, 4) is 0 Å². The van der Waals surface area contributed by atoms with Crippen LogP contribution >= 0.6 is 11.8 Å². The smallest absolute Gasteiger partial charge is 0.255 e. The fraction of sp³-hybridized carbons (Fsp3) is 0.500. The van der Waals surface area contributed by atoms with Crippen LogP contribution in [0.3, 0.4) is 0 Å². The second-order valence-corrected chi connectivity index (χ2v) is 5.09. The van der Waals surface area contributed by atoms with Gasteiger partial charge in [0.1, 0.15) is 0 Å². The van der Waals surface area contributed by atoms with Gasteiger partial charge in [0.15, 0.2) is 0 Å². The number of likely N-dealkylation sites (N-methyl/N-ethyl adjacent to an activating group) is 1. The quantitative estimate of drug-likeness (QED) is 0.740. The van der Waals surface area contributed by atoms with Gasteiger partial charge in [-0.05, 0) is 19.4 Å². The van der Waals surface area contributed by atoms with Crippen LogP contribution < -0.4 is 0 Å². The lowest BCUT2D eigenvalue weighted by Gasteiger charge is -2.32. The summed E-state index contributed by atoms with van der Waals surface area (Å²) in [7, 11) is 2.08. The van der Waals surface area contributed by atoms with Crippen LogP contribution in [0.4, 0.5) is 0 Å². The number of aromatic nitrogens is 1. The van der Waals surface area contributed by atoms with Crippen molar-refractivity contribution in [3.05, 3.63) is 24.0 Å². The third-order valence-corrected chi connectivity index (χ3v) is 3.68. The number of hydrogen-bond acceptors (Lipinski definition) is 4. The maximum Gasteiger partial charge on any atom is 0.255 e. The average Bonchev–Trinajstić information content (AvgIpc) is 2.39. The number of amides is 1. The zero-order valence-corrected chi connectivity index (χ0v) is 11.0. The summed E-state index contributed by atoms with van der Waals surface area (Å²) in [6, 6.07) is 1.92. The van der Waals surface area contributed by atoms with Crippen molar-refractivity contribution in [3.63, 3.8) is 0 Å². The van der Waals surface area contributed by atoms with Gasteiger partial charge < -0.3 is 9.80 Å². The minimum Gasteiger partial charge on any atom is -0.336 e. The van der Waals surface area contributed by atoms with Gasteiger partial charge in [-0.1, -0.05) is 0 Å². The minimum absolute atomic E-state index is 0.0986. The Labute approximate surface area is 106 Å². The second-order valence-electron chi connectivity index (χ2n) is 4.21. The van der Waals surface area contributed by atoms with Gasteiger partial charge in [0, 0.05) is 43.5 Å². The first kappa shape index (κ1) is 12.4. The molecule has 92 valence electrons. The lowest BCUT2D eigenvalue weighted by molar-refractivity contribution is 0.0663. The van der Waals surface area contributed by atoms with E-state index in [4.69, 9.17) is 0 Å². The first-order valence-corrected chi connectivity index (χ1v) is 6.90. The minimum atomic E-state index is 0.0986. The molecule has 1 aromatic heterocycles. The molecular weight excluding hydrogens is 234 g/mol. The summed E-state index contributed by atoms with van der Waals surface area (Å²) < 4.78 is 0. The molecule has 1 aliphatic heterocycles. The van der Waals surface area contributed by atoms with Crippen LogP contribution in [0, 0.1) is 0 Å². The molecular formula is C12H17N3OS. The number of carbonyl (C=O) groups is 1. The fourth-order valence-electron chi connectivity index (χ4n) is 1.84. The number of hydrogen-bond donors (Lipinski definition) is 0. The summed E-state index contributed by atoms with van der Waals surface area (Å²) in [5, 5.41) is 0. The summed E-state index contributed by atoms with van der Waals surface area (Å²) in [5.74, 6) is 0.0986.